The van der Waals surface area contributed by atoms with Crippen molar-refractivity contribution in [1.82, 2.24) is 9.88 Å². The van der Waals surface area contributed by atoms with Crippen LogP contribution in [0.4, 0.5) is 5.13 Å². The van der Waals surface area contributed by atoms with Crippen molar-refractivity contribution in [3.05, 3.63) is 45.4 Å². The van der Waals surface area contributed by atoms with E-state index in [1.807, 2.05) is 19.1 Å². The third-order valence-corrected chi connectivity index (χ3v) is 5.06. The number of carbonyl (C=O) groups excluding carboxylic acids is 2. The van der Waals surface area contributed by atoms with Gasteiger partial charge in [-0.25, -0.2) is 4.98 Å². The van der Waals surface area contributed by atoms with Crippen LogP contribution in [0.1, 0.15) is 28.1 Å². The monoisotopic (exact) mass is 407 g/mol. The zero-order chi connectivity index (χ0) is 17.1. The van der Waals surface area contributed by atoms with Crippen LogP contribution < -0.4 is 5.32 Å². The van der Waals surface area contributed by atoms with E-state index in [0.717, 1.165) is 22.2 Å². The maximum Gasteiger partial charge on any atom is 0.254 e. The lowest BCUT2D eigenvalue weighted by Crippen LogP contribution is -2.39. The summed E-state index contributed by atoms with van der Waals surface area (Å²) in [5.41, 5.74) is 0.586. The Kier molecular flexibility index (Phi) is 5.30. The summed E-state index contributed by atoms with van der Waals surface area (Å²) in [7, 11) is 0. The van der Waals surface area contributed by atoms with Gasteiger partial charge in [-0.15, -0.1) is 11.3 Å². The van der Waals surface area contributed by atoms with Crippen molar-refractivity contribution in [1.29, 1.82) is 0 Å². The normalized spacial score (nSPS) is 13.6. The molecule has 1 aliphatic carbocycles. The van der Waals surface area contributed by atoms with E-state index in [2.05, 4.69) is 26.2 Å². The van der Waals surface area contributed by atoms with Gasteiger partial charge in [0, 0.05) is 27.7 Å². The molecule has 1 aliphatic rings. The first kappa shape index (κ1) is 17.1. The number of nitrogens with zero attached hydrogens (tertiary/aromatic N) is 2. The maximum absolute atomic E-state index is 12.8. The van der Waals surface area contributed by atoms with Crippen molar-refractivity contribution in [3.8, 4) is 0 Å². The summed E-state index contributed by atoms with van der Waals surface area (Å²) in [6.45, 7) is 2.60. The number of amides is 2. The molecule has 1 aromatic heterocycles. The zero-order valence-electron chi connectivity index (χ0n) is 13.3. The van der Waals surface area contributed by atoms with E-state index in [0.29, 0.717) is 23.2 Å². The van der Waals surface area contributed by atoms with Crippen LogP contribution in [0.15, 0.2) is 34.9 Å². The molecule has 2 amide bonds. The van der Waals surface area contributed by atoms with Crippen molar-refractivity contribution in [3.63, 3.8) is 0 Å². The molecule has 0 atom stereocenters. The van der Waals surface area contributed by atoms with Gasteiger partial charge in [0.15, 0.2) is 5.13 Å². The molecule has 1 saturated carbocycles. The third kappa shape index (κ3) is 4.64. The minimum Gasteiger partial charge on any atom is -0.329 e. The molecular formula is C17H18BrN3O2S. The lowest BCUT2D eigenvalue weighted by atomic mass is 10.2. The number of benzene rings is 1. The second kappa shape index (κ2) is 7.44. The predicted octanol–water partition coefficient (Wildman–Crippen LogP) is 3.70. The van der Waals surface area contributed by atoms with Gasteiger partial charge in [0.2, 0.25) is 5.91 Å². The van der Waals surface area contributed by atoms with E-state index in [4.69, 9.17) is 0 Å². The predicted molar refractivity (Wildman–Crippen MR) is 98.3 cm³/mol. The quantitative estimate of drug-likeness (QED) is 0.793. The zero-order valence-corrected chi connectivity index (χ0v) is 15.7. The molecule has 2 aromatic rings. The highest BCUT2D eigenvalue weighted by Gasteiger charge is 2.28. The first-order valence-corrected chi connectivity index (χ1v) is 9.39. The minimum atomic E-state index is -0.214. The molecule has 1 N–H and O–H groups in total. The van der Waals surface area contributed by atoms with E-state index < -0.39 is 0 Å². The Morgan fingerprint density at radius 2 is 2.21 bits per heavy atom. The van der Waals surface area contributed by atoms with Crippen molar-refractivity contribution < 1.29 is 9.59 Å². The van der Waals surface area contributed by atoms with Gasteiger partial charge >= 0.3 is 0 Å². The van der Waals surface area contributed by atoms with E-state index in [1.54, 1.807) is 23.2 Å². The smallest absolute Gasteiger partial charge is 0.254 e. The van der Waals surface area contributed by atoms with Crippen LogP contribution in [0.3, 0.4) is 0 Å². The van der Waals surface area contributed by atoms with Crippen LogP contribution in [0, 0.1) is 12.8 Å². The summed E-state index contributed by atoms with van der Waals surface area (Å²) in [4.78, 5) is 31.8. The fraction of sp³-hybridized carbons (Fsp3) is 0.353. The Labute approximate surface area is 153 Å². The van der Waals surface area contributed by atoms with Gasteiger partial charge in [0.05, 0.1) is 0 Å². The molecule has 7 heteroatoms. The lowest BCUT2D eigenvalue weighted by molar-refractivity contribution is -0.116. The van der Waals surface area contributed by atoms with Gasteiger partial charge in [-0.1, -0.05) is 22.0 Å². The highest BCUT2D eigenvalue weighted by molar-refractivity contribution is 9.10. The Balaban J connectivity index is 1.68. The van der Waals surface area contributed by atoms with Gasteiger partial charge in [-0.3, -0.25) is 9.59 Å². The fourth-order valence-electron chi connectivity index (χ4n) is 2.38. The van der Waals surface area contributed by atoms with Crippen LogP contribution in [0.2, 0.25) is 0 Å². The topological polar surface area (TPSA) is 62.3 Å². The summed E-state index contributed by atoms with van der Waals surface area (Å²) in [6, 6.07) is 7.25. The second-order valence-electron chi connectivity index (χ2n) is 5.96. The minimum absolute atomic E-state index is 0.0421. The molecule has 5 nitrogen and oxygen atoms in total. The number of carbonyl (C=O) groups is 2. The standard InChI is InChI=1S/C17H18BrN3O2S/c1-11-8-19-17(24-11)20-15(22)10-21(9-12-5-6-12)16(23)13-3-2-4-14(18)7-13/h2-4,7-8,12H,5-6,9-10H2,1H3,(H,19,20,22). The van der Waals surface area contributed by atoms with Crippen LogP contribution in [-0.2, 0) is 4.79 Å². The van der Waals surface area contributed by atoms with E-state index in [-0.39, 0.29) is 18.4 Å². The van der Waals surface area contributed by atoms with Gasteiger partial charge < -0.3 is 10.2 Å². The third-order valence-electron chi connectivity index (χ3n) is 3.74. The molecule has 0 aliphatic heterocycles. The number of hydrogen-bond donors (Lipinski definition) is 1. The molecular weight excluding hydrogens is 390 g/mol. The van der Waals surface area contributed by atoms with Gasteiger partial charge in [0.1, 0.15) is 6.54 Å². The molecule has 1 aromatic carbocycles. The van der Waals surface area contributed by atoms with E-state index in [1.165, 1.54) is 11.3 Å². The first-order valence-electron chi connectivity index (χ1n) is 7.78. The summed E-state index contributed by atoms with van der Waals surface area (Å²) in [5.74, 6) is 0.179. The molecule has 0 saturated heterocycles. The Morgan fingerprint density at radius 3 is 2.83 bits per heavy atom. The van der Waals surface area contributed by atoms with E-state index >= 15 is 0 Å². The molecule has 0 spiro atoms. The molecule has 126 valence electrons. The number of aromatic nitrogens is 1. The number of hydrogen-bond acceptors (Lipinski definition) is 4. The SMILES string of the molecule is Cc1cnc(NC(=O)CN(CC2CC2)C(=O)c2cccc(Br)c2)s1. The van der Waals surface area contributed by atoms with Crippen LogP contribution in [-0.4, -0.2) is 34.8 Å². The largest absolute Gasteiger partial charge is 0.329 e. The Bertz CT molecular complexity index is 758. The summed E-state index contributed by atoms with van der Waals surface area (Å²) in [5, 5.41) is 3.34. The van der Waals surface area contributed by atoms with Gasteiger partial charge in [0.25, 0.3) is 5.91 Å². The van der Waals surface area contributed by atoms with Crippen molar-refractivity contribution in [2.24, 2.45) is 5.92 Å². The molecule has 0 unspecified atom stereocenters. The van der Waals surface area contributed by atoms with Crippen LogP contribution in [0.5, 0.6) is 0 Å². The summed E-state index contributed by atoms with van der Waals surface area (Å²) < 4.78 is 0.849. The number of anilines is 1. The number of nitrogens with one attached hydrogen (secondary N) is 1. The van der Waals surface area contributed by atoms with Gasteiger partial charge in [-0.05, 0) is 43.9 Å². The maximum atomic E-state index is 12.8. The fourth-order valence-corrected chi connectivity index (χ4v) is 3.46. The molecule has 0 bridgehead atoms. The Hall–Kier alpha value is -1.73. The van der Waals surface area contributed by atoms with Crippen molar-refractivity contribution >= 4 is 44.2 Å². The summed E-state index contributed by atoms with van der Waals surface area (Å²) >= 11 is 4.81. The van der Waals surface area contributed by atoms with E-state index in [9.17, 15) is 9.59 Å². The average Bonchev–Trinajstić information content (AvgIpc) is 3.27. The highest BCUT2D eigenvalue weighted by Crippen LogP contribution is 2.30. The Morgan fingerprint density at radius 1 is 1.42 bits per heavy atom. The average molecular weight is 408 g/mol. The molecule has 3 rings (SSSR count). The van der Waals surface area contributed by atoms with Gasteiger partial charge in [-0.2, -0.15) is 0 Å². The molecule has 1 fully saturated rings. The number of aryl methyl sites for hydroxylation is 1. The van der Waals surface area contributed by atoms with Crippen LogP contribution >= 0.6 is 27.3 Å². The molecule has 1 heterocycles. The lowest BCUT2D eigenvalue weighted by Gasteiger charge is -2.22. The second-order valence-corrected chi connectivity index (χ2v) is 8.11. The molecule has 24 heavy (non-hydrogen) atoms. The molecule has 0 radical (unpaired) electrons. The number of rotatable bonds is 6. The van der Waals surface area contributed by atoms with Crippen molar-refractivity contribution in [2.45, 2.75) is 19.8 Å². The summed E-state index contributed by atoms with van der Waals surface area (Å²) in [6.07, 6.45) is 3.96. The first-order chi connectivity index (χ1) is 11.5. The number of thiazole rings is 1. The van der Waals surface area contributed by atoms with Crippen molar-refractivity contribution in [2.75, 3.05) is 18.4 Å². The number of halogens is 1. The van der Waals surface area contributed by atoms with Crippen LogP contribution in [0.25, 0.3) is 0 Å². The highest BCUT2D eigenvalue weighted by atomic mass is 79.9.